The van der Waals surface area contributed by atoms with Gasteiger partial charge in [-0.15, -0.1) is 5.10 Å². The van der Waals surface area contributed by atoms with Gasteiger partial charge in [0, 0.05) is 30.6 Å². The van der Waals surface area contributed by atoms with Crippen molar-refractivity contribution in [2.24, 2.45) is 5.92 Å². The molecular formula is C22H28ClN5O2. The second kappa shape index (κ2) is 9.60. The molecule has 2 aromatic rings. The Bertz CT molecular complexity index is 868. The molecule has 0 atom stereocenters. The van der Waals surface area contributed by atoms with Gasteiger partial charge in [0.05, 0.1) is 11.9 Å². The number of hydrogen-bond donors (Lipinski definition) is 1. The van der Waals surface area contributed by atoms with Crippen LogP contribution in [0.3, 0.4) is 0 Å². The highest BCUT2D eigenvalue weighted by Crippen LogP contribution is 2.28. The average molecular weight is 430 g/mol. The highest BCUT2D eigenvalue weighted by Gasteiger charge is 2.26. The second-order valence-corrected chi connectivity index (χ2v) is 8.78. The van der Waals surface area contributed by atoms with Crippen LogP contribution in [0.1, 0.15) is 61.9 Å². The van der Waals surface area contributed by atoms with E-state index in [0.717, 1.165) is 30.9 Å². The molecule has 1 aliphatic heterocycles. The van der Waals surface area contributed by atoms with Gasteiger partial charge in [0.15, 0.2) is 5.69 Å². The zero-order valence-electron chi connectivity index (χ0n) is 17.1. The number of halogens is 1. The molecule has 1 aromatic heterocycles. The van der Waals surface area contributed by atoms with Gasteiger partial charge in [0.25, 0.3) is 5.91 Å². The number of carbonyl (C=O) groups is 2. The maximum atomic E-state index is 12.8. The molecule has 1 saturated heterocycles. The Morgan fingerprint density at radius 2 is 1.77 bits per heavy atom. The van der Waals surface area contributed by atoms with Gasteiger partial charge in [-0.1, -0.05) is 42.5 Å². The van der Waals surface area contributed by atoms with Crippen molar-refractivity contribution >= 4 is 23.4 Å². The molecule has 30 heavy (non-hydrogen) atoms. The molecule has 0 spiro atoms. The van der Waals surface area contributed by atoms with E-state index < -0.39 is 0 Å². The lowest BCUT2D eigenvalue weighted by molar-refractivity contribution is -0.122. The third-order valence-electron chi connectivity index (χ3n) is 6.21. The number of amides is 2. The van der Waals surface area contributed by atoms with Gasteiger partial charge in [-0.2, -0.15) is 0 Å². The molecule has 160 valence electrons. The van der Waals surface area contributed by atoms with Crippen LogP contribution in [0.5, 0.6) is 0 Å². The number of hydrogen-bond acceptors (Lipinski definition) is 4. The minimum atomic E-state index is -0.124. The predicted molar refractivity (Wildman–Crippen MR) is 115 cm³/mol. The largest absolute Gasteiger partial charge is 0.353 e. The number of carbonyl (C=O) groups excluding carboxylic acids is 2. The van der Waals surface area contributed by atoms with Crippen LogP contribution in [0.25, 0.3) is 5.69 Å². The number of aromatic nitrogens is 3. The minimum Gasteiger partial charge on any atom is -0.353 e. The van der Waals surface area contributed by atoms with Crippen molar-refractivity contribution in [1.29, 1.82) is 0 Å². The number of piperidine rings is 1. The highest BCUT2D eigenvalue weighted by atomic mass is 35.5. The number of nitrogens with one attached hydrogen (secondary N) is 1. The fourth-order valence-electron chi connectivity index (χ4n) is 4.40. The molecule has 2 aliphatic rings. The first-order valence-electron chi connectivity index (χ1n) is 10.9. The Balaban J connectivity index is 1.24. The second-order valence-electron chi connectivity index (χ2n) is 8.35. The van der Waals surface area contributed by atoms with E-state index in [9.17, 15) is 9.59 Å². The van der Waals surface area contributed by atoms with Crippen LogP contribution >= 0.6 is 11.6 Å². The summed E-state index contributed by atoms with van der Waals surface area (Å²) in [5, 5.41) is 11.9. The summed E-state index contributed by atoms with van der Waals surface area (Å²) in [4.78, 5) is 26.8. The van der Waals surface area contributed by atoms with Gasteiger partial charge in [-0.3, -0.25) is 9.59 Å². The summed E-state index contributed by atoms with van der Waals surface area (Å²) in [6, 6.07) is 7.34. The van der Waals surface area contributed by atoms with E-state index in [-0.39, 0.29) is 17.9 Å². The standard InChI is InChI=1S/C22H28ClN5O2/c23-17-6-8-19(9-7-17)28-15-20(25-26-28)22(30)27-13-11-18(12-14-27)24-21(29)10-5-16-3-1-2-4-16/h6-9,15-16,18H,1-5,10-14H2,(H,24,29). The molecular weight excluding hydrogens is 402 g/mol. The molecule has 4 rings (SSSR count). The lowest BCUT2D eigenvalue weighted by atomic mass is 10.0. The van der Waals surface area contributed by atoms with E-state index in [1.807, 2.05) is 12.1 Å². The number of benzene rings is 1. The van der Waals surface area contributed by atoms with Gasteiger partial charge in [-0.25, -0.2) is 4.68 Å². The van der Waals surface area contributed by atoms with E-state index in [2.05, 4.69) is 15.6 Å². The first-order valence-corrected chi connectivity index (χ1v) is 11.2. The monoisotopic (exact) mass is 429 g/mol. The molecule has 0 bridgehead atoms. The summed E-state index contributed by atoms with van der Waals surface area (Å²) in [5.41, 5.74) is 1.12. The van der Waals surface area contributed by atoms with E-state index in [1.165, 1.54) is 25.7 Å². The zero-order chi connectivity index (χ0) is 20.9. The van der Waals surface area contributed by atoms with Crippen molar-refractivity contribution in [3.05, 3.63) is 41.2 Å². The van der Waals surface area contributed by atoms with E-state index >= 15 is 0 Å². The number of likely N-dealkylation sites (tertiary alicyclic amines) is 1. The van der Waals surface area contributed by atoms with Crippen LogP contribution in [0, 0.1) is 5.92 Å². The number of nitrogens with zero attached hydrogens (tertiary/aromatic N) is 4. The highest BCUT2D eigenvalue weighted by molar-refractivity contribution is 6.30. The maximum Gasteiger partial charge on any atom is 0.276 e. The first kappa shape index (κ1) is 20.8. The average Bonchev–Trinajstić information content (AvgIpc) is 3.45. The van der Waals surface area contributed by atoms with Gasteiger partial charge in [-0.05, 0) is 49.4 Å². The van der Waals surface area contributed by atoms with Crippen molar-refractivity contribution in [2.75, 3.05) is 13.1 Å². The van der Waals surface area contributed by atoms with Crippen molar-refractivity contribution < 1.29 is 9.59 Å². The summed E-state index contributed by atoms with van der Waals surface area (Å²) >= 11 is 5.91. The smallest absolute Gasteiger partial charge is 0.276 e. The van der Waals surface area contributed by atoms with Gasteiger partial charge in [0.1, 0.15) is 0 Å². The molecule has 0 unspecified atom stereocenters. The molecule has 1 N–H and O–H groups in total. The fraction of sp³-hybridized carbons (Fsp3) is 0.545. The molecule has 2 heterocycles. The SMILES string of the molecule is O=C(CCC1CCCC1)NC1CCN(C(=O)c2cn(-c3ccc(Cl)cc3)nn2)CC1. The van der Waals surface area contributed by atoms with Crippen LogP contribution in [0.4, 0.5) is 0 Å². The molecule has 1 saturated carbocycles. The van der Waals surface area contributed by atoms with Crippen molar-refractivity contribution in [2.45, 2.75) is 57.4 Å². The molecule has 1 aliphatic carbocycles. The third-order valence-corrected chi connectivity index (χ3v) is 6.46. The Kier molecular flexibility index (Phi) is 6.67. The normalized spacial score (nSPS) is 18.0. The lowest BCUT2D eigenvalue weighted by Crippen LogP contribution is -2.46. The van der Waals surface area contributed by atoms with Crippen LogP contribution in [0.15, 0.2) is 30.5 Å². The predicted octanol–water partition coefficient (Wildman–Crippen LogP) is 3.61. The minimum absolute atomic E-state index is 0.124. The Hall–Kier alpha value is -2.41. The summed E-state index contributed by atoms with van der Waals surface area (Å²) in [7, 11) is 0. The molecule has 2 amide bonds. The Labute approximate surface area is 181 Å². The van der Waals surface area contributed by atoms with E-state index in [0.29, 0.717) is 30.2 Å². The molecule has 7 nitrogen and oxygen atoms in total. The van der Waals surface area contributed by atoms with E-state index in [1.54, 1.807) is 27.9 Å². The summed E-state index contributed by atoms with van der Waals surface area (Å²) in [6.45, 7) is 1.22. The Morgan fingerprint density at radius 1 is 1.07 bits per heavy atom. The molecule has 8 heteroatoms. The van der Waals surface area contributed by atoms with Crippen molar-refractivity contribution in [3.63, 3.8) is 0 Å². The van der Waals surface area contributed by atoms with Crippen LogP contribution in [0.2, 0.25) is 5.02 Å². The topological polar surface area (TPSA) is 80.1 Å². The van der Waals surface area contributed by atoms with Crippen LogP contribution in [-0.4, -0.2) is 50.8 Å². The zero-order valence-corrected chi connectivity index (χ0v) is 17.9. The summed E-state index contributed by atoms with van der Waals surface area (Å²) in [6.07, 6.45) is 9.98. The molecule has 2 fully saturated rings. The molecule has 1 aromatic carbocycles. The number of rotatable bonds is 6. The van der Waals surface area contributed by atoms with Gasteiger partial charge < -0.3 is 10.2 Å². The quantitative estimate of drug-likeness (QED) is 0.760. The van der Waals surface area contributed by atoms with Gasteiger partial charge >= 0.3 is 0 Å². The van der Waals surface area contributed by atoms with Crippen molar-refractivity contribution in [1.82, 2.24) is 25.2 Å². The fourth-order valence-corrected chi connectivity index (χ4v) is 4.53. The van der Waals surface area contributed by atoms with Crippen molar-refractivity contribution in [3.8, 4) is 5.69 Å². The van der Waals surface area contributed by atoms with E-state index in [4.69, 9.17) is 11.6 Å². The lowest BCUT2D eigenvalue weighted by Gasteiger charge is -2.32. The van der Waals surface area contributed by atoms with Crippen LogP contribution < -0.4 is 5.32 Å². The first-order chi connectivity index (χ1) is 14.6. The van der Waals surface area contributed by atoms with Crippen LogP contribution in [-0.2, 0) is 4.79 Å². The Morgan fingerprint density at radius 3 is 2.47 bits per heavy atom. The summed E-state index contributed by atoms with van der Waals surface area (Å²) < 4.78 is 1.57. The molecule has 0 radical (unpaired) electrons. The maximum absolute atomic E-state index is 12.8. The summed E-state index contributed by atoms with van der Waals surface area (Å²) in [5.74, 6) is 0.760. The third kappa shape index (κ3) is 5.19. The van der Waals surface area contributed by atoms with Gasteiger partial charge in [0.2, 0.25) is 5.91 Å².